The van der Waals surface area contributed by atoms with E-state index in [9.17, 15) is 4.79 Å². The molecule has 1 amide bonds. The van der Waals surface area contributed by atoms with Crippen molar-refractivity contribution in [2.24, 2.45) is 0 Å². The van der Waals surface area contributed by atoms with E-state index in [4.69, 9.17) is 11.6 Å². The third-order valence-corrected chi connectivity index (χ3v) is 4.02. The normalized spacial score (nSPS) is 10.6. The molecular weight excluding hydrogens is 336 g/mol. The molecule has 25 heavy (non-hydrogen) atoms. The standard InChI is InChI=1S/C19H25ClN4O/c1-5-9-24(10-6-2)18(25)17-12-14(4)21-19(23-17)22-16-8-7-15(20)11-13(16)3/h7-8,11-12H,5-6,9-10H2,1-4H3,(H,21,22,23). The summed E-state index contributed by atoms with van der Waals surface area (Å²) < 4.78 is 0. The Morgan fingerprint density at radius 1 is 1.12 bits per heavy atom. The third kappa shape index (κ3) is 5.16. The minimum atomic E-state index is -0.0509. The second kappa shape index (κ2) is 8.81. The first kappa shape index (κ1) is 19.2. The fourth-order valence-electron chi connectivity index (χ4n) is 2.64. The van der Waals surface area contributed by atoms with E-state index in [-0.39, 0.29) is 5.91 Å². The number of carbonyl (C=O) groups excluding carboxylic acids is 1. The van der Waals surface area contributed by atoms with Gasteiger partial charge in [0.15, 0.2) is 0 Å². The van der Waals surface area contributed by atoms with Gasteiger partial charge >= 0.3 is 0 Å². The van der Waals surface area contributed by atoms with Crippen molar-refractivity contribution in [2.45, 2.75) is 40.5 Å². The Balaban J connectivity index is 2.28. The molecule has 1 aromatic heterocycles. The number of carbonyl (C=O) groups is 1. The van der Waals surface area contributed by atoms with Crippen LogP contribution in [0.4, 0.5) is 11.6 Å². The number of amides is 1. The van der Waals surface area contributed by atoms with E-state index in [2.05, 4.69) is 29.1 Å². The van der Waals surface area contributed by atoms with Gasteiger partial charge in [-0.15, -0.1) is 0 Å². The van der Waals surface area contributed by atoms with E-state index in [1.165, 1.54) is 0 Å². The molecule has 0 aliphatic carbocycles. The topological polar surface area (TPSA) is 58.1 Å². The number of hydrogen-bond acceptors (Lipinski definition) is 4. The van der Waals surface area contributed by atoms with Crippen molar-refractivity contribution in [2.75, 3.05) is 18.4 Å². The van der Waals surface area contributed by atoms with Gasteiger partial charge in [0, 0.05) is 29.5 Å². The van der Waals surface area contributed by atoms with Crippen LogP contribution >= 0.6 is 11.6 Å². The monoisotopic (exact) mass is 360 g/mol. The molecule has 0 aliphatic rings. The average Bonchev–Trinajstić information content (AvgIpc) is 2.56. The second-order valence-electron chi connectivity index (χ2n) is 6.09. The van der Waals surface area contributed by atoms with Crippen LogP contribution in [0, 0.1) is 13.8 Å². The molecule has 2 aromatic rings. The zero-order valence-electron chi connectivity index (χ0n) is 15.3. The molecule has 0 bridgehead atoms. The number of anilines is 2. The molecule has 0 aliphatic heterocycles. The van der Waals surface area contributed by atoms with Crippen LogP contribution in [0.2, 0.25) is 5.02 Å². The molecule has 0 atom stereocenters. The number of hydrogen-bond donors (Lipinski definition) is 1. The molecule has 0 spiro atoms. The molecule has 0 unspecified atom stereocenters. The lowest BCUT2D eigenvalue weighted by molar-refractivity contribution is 0.0749. The maximum Gasteiger partial charge on any atom is 0.272 e. The van der Waals surface area contributed by atoms with Crippen LogP contribution in [0.3, 0.4) is 0 Å². The minimum Gasteiger partial charge on any atom is -0.337 e. The van der Waals surface area contributed by atoms with E-state index in [1.807, 2.05) is 36.9 Å². The molecule has 2 rings (SSSR count). The van der Waals surface area contributed by atoms with E-state index in [0.717, 1.165) is 42.9 Å². The van der Waals surface area contributed by atoms with Gasteiger partial charge in [-0.2, -0.15) is 0 Å². The summed E-state index contributed by atoms with van der Waals surface area (Å²) in [5.41, 5.74) is 3.03. The average molecular weight is 361 g/mol. The molecular formula is C19H25ClN4O. The zero-order chi connectivity index (χ0) is 18.4. The predicted molar refractivity (Wildman–Crippen MR) is 103 cm³/mol. The summed E-state index contributed by atoms with van der Waals surface area (Å²) in [6, 6.07) is 7.30. The molecule has 0 saturated heterocycles. The Labute approximate surface area is 154 Å². The highest BCUT2D eigenvalue weighted by atomic mass is 35.5. The van der Waals surface area contributed by atoms with Gasteiger partial charge in [-0.3, -0.25) is 4.79 Å². The van der Waals surface area contributed by atoms with Crippen molar-refractivity contribution in [1.82, 2.24) is 14.9 Å². The Morgan fingerprint density at radius 2 is 1.80 bits per heavy atom. The van der Waals surface area contributed by atoms with Crippen LogP contribution in [0.5, 0.6) is 0 Å². The lowest BCUT2D eigenvalue weighted by Gasteiger charge is -2.21. The summed E-state index contributed by atoms with van der Waals surface area (Å²) in [5, 5.41) is 3.87. The highest BCUT2D eigenvalue weighted by Crippen LogP contribution is 2.22. The van der Waals surface area contributed by atoms with E-state index in [1.54, 1.807) is 6.07 Å². The minimum absolute atomic E-state index is 0.0509. The number of nitrogens with zero attached hydrogens (tertiary/aromatic N) is 3. The molecule has 5 nitrogen and oxygen atoms in total. The first-order valence-electron chi connectivity index (χ1n) is 8.62. The molecule has 1 N–H and O–H groups in total. The summed E-state index contributed by atoms with van der Waals surface area (Å²) in [6.07, 6.45) is 1.84. The van der Waals surface area contributed by atoms with Crippen molar-refractivity contribution in [1.29, 1.82) is 0 Å². The Morgan fingerprint density at radius 3 is 2.40 bits per heavy atom. The van der Waals surface area contributed by atoms with Gasteiger partial charge in [0.25, 0.3) is 5.91 Å². The molecule has 0 fully saturated rings. The fourth-order valence-corrected chi connectivity index (χ4v) is 2.87. The smallest absolute Gasteiger partial charge is 0.272 e. The summed E-state index contributed by atoms with van der Waals surface area (Å²) in [7, 11) is 0. The lowest BCUT2D eigenvalue weighted by atomic mass is 10.2. The SMILES string of the molecule is CCCN(CCC)C(=O)c1cc(C)nc(Nc2ccc(Cl)cc2C)n1. The molecule has 1 heterocycles. The first-order chi connectivity index (χ1) is 11.9. The van der Waals surface area contributed by atoms with Gasteiger partial charge in [0.1, 0.15) is 5.69 Å². The van der Waals surface area contributed by atoms with Crippen LogP contribution < -0.4 is 5.32 Å². The van der Waals surface area contributed by atoms with E-state index >= 15 is 0 Å². The Bertz CT molecular complexity index is 742. The molecule has 0 radical (unpaired) electrons. The number of aryl methyl sites for hydroxylation is 2. The Hall–Kier alpha value is -2.14. The van der Waals surface area contributed by atoms with Gasteiger partial charge in [0.05, 0.1) is 0 Å². The number of benzene rings is 1. The zero-order valence-corrected chi connectivity index (χ0v) is 16.0. The second-order valence-corrected chi connectivity index (χ2v) is 6.53. The van der Waals surface area contributed by atoms with Crippen LogP contribution in [-0.2, 0) is 0 Å². The number of rotatable bonds is 7. The van der Waals surface area contributed by atoms with Crippen LogP contribution in [0.1, 0.15) is 48.4 Å². The van der Waals surface area contributed by atoms with Crippen molar-refractivity contribution in [3.8, 4) is 0 Å². The summed E-state index contributed by atoms with van der Waals surface area (Å²) in [5.74, 6) is 0.367. The van der Waals surface area contributed by atoms with Crippen LogP contribution in [-0.4, -0.2) is 33.9 Å². The number of halogens is 1. The largest absolute Gasteiger partial charge is 0.337 e. The van der Waals surface area contributed by atoms with Crippen molar-refractivity contribution >= 4 is 29.1 Å². The third-order valence-electron chi connectivity index (χ3n) is 3.78. The fraction of sp³-hybridized carbons (Fsp3) is 0.421. The van der Waals surface area contributed by atoms with Gasteiger partial charge < -0.3 is 10.2 Å². The van der Waals surface area contributed by atoms with Crippen molar-refractivity contribution < 1.29 is 4.79 Å². The summed E-state index contributed by atoms with van der Waals surface area (Å²) >= 11 is 6.00. The predicted octanol–water partition coefficient (Wildman–Crippen LogP) is 4.75. The first-order valence-corrected chi connectivity index (χ1v) is 9.00. The molecule has 134 valence electrons. The maximum absolute atomic E-state index is 12.8. The molecule has 1 aromatic carbocycles. The quantitative estimate of drug-likeness (QED) is 0.773. The van der Waals surface area contributed by atoms with Crippen LogP contribution in [0.15, 0.2) is 24.3 Å². The van der Waals surface area contributed by atoms with Gasteiger partial charge in [-0.1, -0.05) is 25.4 Å². The summed E-state index contributed by atoms with van der Waals surface area (Å²) in [4.78, 5) is 23.5. The van der Waals surface area contributed by atoms with E-state index < -0.39 is 0 Å². The highest BCUT2D eigenvalue weighted by Gasteiger charge is 2.17. The van der Waals surface area contributed by atoms with Crippen LogP contribution in [0.25, 0.3) is 0 Å². The maximum atomic E-state index is 12.8. The summed E-state index contributed by atoms with van der Waals surface area (Å²) in [6.45, 7) is 9.42. The van der Waals surface area contributed by atoms with Gasteiger partial charge in [0.2, 0.25) is 5.95 Å². The van der Waals surface area contributed by atoms with Crippen molar-refractivity contribution in [3.05, 3.63) is 46.2 Å². The Kier molecular flexibility index (Phi) is 6.76. The lowest BCUT2D eigenvalue weighted by Crippen LogP contribution is -2.33. The number of aromatic nitrogens is 2. The number of nitrogens with one attached hydrogen (secondary N) is 1. The van der Waals surface area contributed by atoms with E-state index in [0.29, 0.717) is 16.7 Å². The van der Waals surface area contributed by atoms with Gasteiger partial charge in [-0.05, 0) is 56.5 Å². The highest BCUT2D eigenvalue weighted by molar-refractivity contribution is 6.30. The molecule has 6 heteroatoms. The van der Waals surface area contributed by atoms with Gasteiger partial charge in [-0.25, -0.2) is 9.97 Å². The molecule has 0 saturated carbocycles. The van der Waals surface area contributed by atoms with Crippen molar-refractivity contribution in [3.63, 3.8) is 0 Å².